The lowest BCUT2D eigenvalue weighted by molar-refractivity contribution is 0.415. The van der Waals surface area contributed by atoms with Crippen LogP contribution in [0.2, 0.25) is 0 Å². The minimum Gasteiger partial charge on any atom is -0.497 e. The predicted molar refractivity (Wildman–Crippen MR) is 82.9 cm³/mol. The fraction of sp³-hybridized carbons (Fsp3) is 0.357. The number of hydrogen-bond acceptors (Lipinski definition) is 5. The average Bonchev–Trinajstić information content (AvgIpc) is 2.80. The van der Waals surface area contributed by atoms with Gasteiger partial charge in [0.15, 0.2) is 15.7 Å². The highest BCUT2D eigenvalue weighted by Gasteiger charge is 2.37. The molecule has 0 aliphatic carbocycles. The molecule has 0 unspecified atom stereocenters. The smallest absolute Gasteiger partial charge is 0.158 e. The van der Waals surface area contributed by atoms with Crippen LogP contribution in [0.1, 0.15) is 19.5 Å². The molecule has 3 N–H and O–H groups in total. The van der Waals surface area contributed by atoms with Crippen molar-refractivity contribution in [1.82, 2.24) is 10.2 Å². The maximum absolute atomic E-state index is 12.1. The van der Waals surface area contributed by atoms with Crippen molar-refractivity contribution in [1.29, 1.82) is 0 Å². The van der Waals surface area contributed by atoms with Crippen LogP contribution in [0.4, 0.5) is 5.82 Å². The number of aromatic nitrogens is 2. The van der Waals surface area contributed by atoms with Crippen LogP contribution in [0.5, 0.6) is 5.75 Å². The van der Waals surface area contributed by atoms with Crippen molar-refractivity contribution in [3.63, 3.8) is 0 Å². The molecular formula is C14H19N3O3S. The standard InChI is InChI=1S/C14H19N3O3S/c1-14(2,21(4,18)19)12-11(13(15)17-16-12)9-6-5-7-10(8-9)20-3/h5-8H,1-4H3,(H3,15,16,17). The molecule has 1 aromatic heterocycles. The minimum atomic E-state index is -3.35. The summed E-state index contributed by atoms with van der Waals surface area (Å²) in [5, 5.41) is 6.74. The molecule has 2 rings (SSSR count). The normalized spacial score (nSPS) is 12.4. The number of methoxy groups -OCH3 is 1. The van der Waals surface area contributed by atoms with Crippen LogP contribution in [0.15, 0.2) is 24.3 Å². The number of nitrogens with one attached hydrogen (secondary N) is 1. The summed E-state index contributed by atoms with van der Waals surface area (Å²) in [6, 6.07) is 7.26. The number of aromatic amines is 1. The van der Waals surface area contributed by atoms with E-state index in [1.807, 2.05) is 12.1 Å². The van der Waals surface area contributed by atoms with Crippen molar-refractivity contribution in [3.05, 3.63) is 30.0 Å². The Hall–Kier alpha value is -2.02. The van der Waals surface area contributed by atoms with Crippen molar-refractivity contribution >= 4 is 15.7 Å². The number of nitrogens with two attached hydrogens (primary N) is 1. The van der Waals surface area contributed by atoms with E-state index >= 15 is 0 Å². The second-order valence-electron chi connectivity index (χ2n) is 5.37. The molecule has 114 valence electrons. The van der Waals surface area contributed by atoms with E-state index < -0.39 is 14.6 Å². The van der Waals surface area contributed by atoms with Gasteiger partial charge in [0, 0.05) is 11.8 Å². The molecule has 0 aliphatic rings. The summed E-state index contributed by atoms with van der Waals surface area (Å²) in [6.45, 7) is 3.25. The summed E-state index contributed by atoms with van der Waals surface area (Å²) >= 11 is 0. The molecule has 0 saturated heterocycles. The van der Waals surface area contributed by atoms with Gasteiger partial charge in [-0.3, -0.25) is 5.10 Å². The van der Waals surface area contributed by atoms with Crippen molar-refractivity contribution in [2.45, 2.75) is 18.6 Å². The second-order valence-corrected chi connectivity index (χ2v) is 7.94. The van der Waals surface area contributed by atoms with E-state index in [1.165, 1.54) is 6.26 Å². The molecule has 1 heterocycles. The molecule has 0 spiro atoms. The van der Waals surface area contributed by atoms with Gasteiger partial charge in [-0.2, -0.15) is 5.10 Å². The molecule has 0 saturated carbocycles. The number of hydrogen-bond donors (Lipinski definition) is 2. The van der Waals surface area contributed by atoms with Gasteiger partial charge in [-0.1, -0.05) is 12.1 Å². The third-order valence-corrected chi connectivity index (χ3v) is 5.74. The number of nitrogen functional groups attached to an aromatic ring is 1. The molecule has 6 nitrogen and oxygen atoms in total. The van der Waals surface area contributed by atoms with Crippen LogP contribution < -0.4 is 10.5 Å². The fourth-order valence-corrected chi connectivity index (χ4v) is 2.57. The third-order valence-electron chi connectivity index (χ3n) is 3.68. The Morgan fingerprint density at radius 3 is 2.57 bits per heavy atom. The van der Waals surface area contributed by atoms with E-state index in [9.17, 15) is 8.42 Å². The molecule has 21 heavy (non-hydrogen) atoms. The number of sulfone groups is 1. The van der Waals surface area contributed by atoms with Gasteiger partial charge < -0.3 is 10.5 Å². The van der Waals surface area contributed by atoms with E-state index in [2.05, 4.69) is 10.2 Å². The SMILES string of the molecule is COc1cccc(-c2c(N)n[nH]c2C(C)(C)S(C)(=O)=O)c1. The number of benzene rings is 1. The maximum atomic E-state index is 12.1. The summed E-state index contributed by atoms with van der Waals surface area (Å²) in [5.41, 5.74) is 7.74. The number of nitrogens with zero attached hydrogens (tertiary/aromatic N) is 1. The molecule has 1 aromatic carbocycles. The van der Waals surface area contributed by atoms with Gasteiger partial charge >= 0.3 is 0 Å². The maximum Gasteiger partial charge on any atom is 0.158 e. The largest absolute Gasteiger partial charge is 0.497 e. The van der Waals surface area contributed by atoms with Crippen molar-refractivity contribution < 1.29 is 13.2 Å². The Kier molecular flexibility index (Phi) is 3.71. The fourth-order valence-electron chi connectivity index (χ4n) is 2.05. The molecule has 0 atom stereocenters. The van der Waals surface area contributed by atoms with Crippen LogP contribution in [-0.4, -0.2) is 32.0 Å². The van der Waals surface area contributed by atoms with E-state index in [4.69, 9.17) is 10.5 Å². The zero-order chi connectivity index (χ0) is 15.8. The average molecular weight is 309 g/mol. The summed E-state index contributed by atoms with van der Waals surface area (Å²) in [5.74, 6) is 0.922. The van der Waals surface area contributed by atoms with Crippen molar-refractivity contribution in [3.8, 4) is 16.9 Å². The third kappa shape index (κ3) is 2.61. The molecule has 0 bridgehead atoms. The molecule has 2 aromatic rings. The topological polar surface area (TPSA) is 98.1 Å². The van der Waals surface area contributed by atoms with E-state index in [0.717, 1.165) is 5.56 Å². The number of H-pyrrole nitrogens is 1. The Bertz CT molecular complexity index is 764. The molecule has 0 amide bonds. The van der Waals surface area contributed by atoms with Gasteiger partial charge in [0.05, 0.1) is 12.8 Å². The zero-order valence-corrected chi connectivity index (χ0v) is 13.3. The van der Waals surface area contributed by atoms with Crippen LogP contribution in [-0.2, 0) is 14.6 Å². The van der Waals surface area contributed by atoms with Crippen LogP contribution in [0.3, 0.4) is 0 Å². The summed E-state index contributed by atoms with van der Waals surface area (Å²) in [6.07, 6.45) is 1.19. The first-order chi connectivity index (χ1) is 9.68. The highest BCUT2D eigenvalue weighted by molar-refractivity contribution is 7.91. The molecule has 0 aliphatic heterocycles. The summed E-state index contributed by atoms with van der Waals surface area (Å²) < 4.78 is 28.2. The predicted octanol–water partition coefficient (Wildman–Crippen LogP) is 1.95. The Morgan fingerprint density at radius 2 is 2.00 bits per heavy atom. The first-order valence-electron chi connectivity index (χ1n) is 6.37. The van der Waals surface area contributed by atoms with Crippen LogP contribution in [0.25, 0.3) is 11.1 Å². The first-order valence-corrected chi connectivity index (χ1v) is 8.26. The molecular weight excluding hydrogens is 290 g/mol. The highest BCUT2D eigenvalue weighted by Crippen LogP contribution is 2.38. The Labute approximate surface area is 124 Å². The minimum absolute atomic E-state index is 0.259. The highest BCUT2D eigenvalue weighted by atomic mass is 32.2. The van der Waals surface area contributed by atoms with Gasteiger partial charge in [-0.25, -0.2) is 8.42 Å². The lowest BCUT2D eigenvalue weighted by atomic mass is 9.98. The lowest BCUT2D eigenvalue weighted by Gasteiger charge is -2.22. The van der Waals surface area contributed by atoms with Crippen LogP contribution >= 0.6 is 0 Å². The molecule has 0 fully saturated rings. The van der Waals surface area contributed by atoms with Gasteiger partial charge in [0.1, 0.15) is 10.5 Å². The van der Waals surface area contributed by atoms with Crippen LogP contribution in [0, 0.1) is 0 Å². The number of anilines is 1. The first kappa shape index (κ1) is 15.4. The van der Waals surface area contributed by atoms with Gasteiger partial charge in [0.25, 0.3) is 0 Å². The van der Waals surface area contributed by atoms with E-state index in [-0.39, 0.29) is 5.82 Å². The van der Waals surface area contributed by atoms with E-state index in [0.29, 0.717) is 17.0 Å². The zero-order valence-electron chi connectivity index (χ0n) is 12.5. The quantitative estimate of drug-likeness (QED) is 0.899. The summed E-state index contributed by atoms with van der Waals surface area (Å²) in [4.78, 5) is 0. The molecule has 0 radical (unpaired) electrons. The van der Waals surface area contributed by atoms with Crippen molar-refractivity contribution in [2.24, 2.45) is 0 Å². The molecule has 7 heteroatoms. The lowest BCUT2D eigenvalue weighted by Crippen LogP contribution is -2.29. The number of rotatable bonds is 4. The second kappa shape index (κ2) is 5.07. The monoisotopic (exact) mass is 309 g/mol. The summed E-state index contributed by atoms with van der Waals surface area (Å²) in [7, 11) is -1.78. The Morgan fingerprint density at radius 1 is 1.33 bits per heavy atom. The number of ether oxygens (including phenoxy) is 1. The van der Waals surface area contributed by atoms with Gasteiger partial charge in [-0.05, 0) is 31.5 Å². The van der Waals surface area contributed by atoms with Gasteiger partial charge in [-0.15, -0.1) is 0 Å². The van der Waals surface area contributed by atoms with Gasteiger partial charge in [0.2, 0.25) is 0 Å². The van der Waals surface area contributed by atoms with E-state index in [1.54, 1.807) is 33.1 Å². The van der Waals surface area contributed by atoms with Crippen molar-refractivity contribution in [2.75, 3.05) is 19.1 Å². The Balaban J connectivity index is 2.69.